The van der Waals surface area contributed by atoms with Gasteiger partial charge in [0, 0.05) is 27.7 Å². The van der Waals surface area contributed by atoms with Crippen molar-refractivity contribution >= 4 is 40.5 Å². The van der Waals surface area contributed by atoms with Crippen LogP contribution < -0.4 is 0 Å². The Morgan fingerprint density at radius 2 is 0.364 bits per heavy atom. The molecule has 0 fully saturated rings. The van der Waals surface area contributed by atoms with Crippen LogP contribution in [0.4, 0.5) is 52.7 Å². The summed E-state index contributed by atoms with van der Waals surface area (Å²) in [7, 11) is -24.4. The summed E-state index contributed by atoms with van der Waals surface area (Å²) in [6.07, 6.45) is 0. The molecule has 0 aliphatic rings. The van der Waals surface area contributed by atoms with Gasteiger partial charge in [-0.25, -0.2) is 33.7 Å². The summed E-state index contributed by atoms with van der Waals surface area (Å²) >= 11 is 0. The summed E-state index contributed by atoms with van der Waals surface area (Å²) in [5.41, 5.74) is -22.6. The van der Waals surface area contributed by atoms with E-state index in [4.69, 9.17) is 51.9 Å². The number of hydrogen-bond donors (Lipinski definition) is 0. The minimum Gasteiger partial charge on any atom is -0.741 e. The molecule has 29 heteroatoms. The average molecular weight is 797 g/mol. The fourth-order valence-electron chi connectivity index (χ4n) is 0. The molecule has 0 aromatic rings. The average Bonchev–Trinajstić information content (AvgIpc) is 2.30. The van der Waals surface area contributed by atoms with E-state index in [1.165, 1.54) is 0 Å². The van der Waals surface area contributed by atoms with Gasteiger partial charge in [-0.15, -0.1) is 0 Å². The van der Waals surface area contributed by atoms with Gasteiger partial charge >= 0.3 is 22.0 Å². The van der Waals surface area contributed by atoms with E-state index in [9.17, 15) is 52.7 Å². The van der Waals surface area contributed by atoms with E-state index in [0.717, 1.165) is 0 Å². The largest absolute Gasteiger partial charge is 0.741 e. The first kappa shape index (κ1) is 42.9. The summed E-state index contributed by atoms with van der Waals surface area (Å²) in [5, 5.41) is 0. The summed E-state index contributed by atoms with van der Waals surface area (Å²) in [6, 6.07) is 0. The molecule has 202 valence electrons. The summed E-state index contributed by atoms with van der Waals surface area (Å²) < 4.78 is 236. The predicted molar refractivity (Wildman–Crippen MR) is 63.0 cm³/mol. The van der Waals surface area contributed by atoms with Gasteiger partial charge in [-0.3, -0.25) is 0 Å². The number of halogens is 12. The Bertz CT molecular complexity index is 828. The molecular formula is C4F12HgO12S4-4. The van der Waals surface area contributed by atoms with Crippen LogP contribution in [0.3, 0.4) is 0 Å². The van der Waals surface area contributed by atoms with E-state index in [1.807, 2.05) is 0 Å². The van der Waals surface area contributed by atoms with Crippen LogP contribution in [-0.2, 0) is 68.1 Å². The zero-order valence-electron chi connectivity index (χ0n) is 13.8. The molecule has 0 saturated heterocycles. The van der Waals surface area contributed by atoms with Crippen molar-refractivity contribution in [2.75, 3.05) is 0 Å². The second-order valence-electron chi connectivity index (χ2n) is 3.60. The Morgan fingerprint density at radius 3 is 0.364 bits per heavy atom. The van der Waals surface area contributed by atoms with Gasteiger partial charge in [0.05, 0.1) is 0 Å². The molecule has 0 amide bonds. The van der Waals surface area contributed by atoms with E-state index in [1.54, 1.807) is 0 Å². The molecule has 0 heterocycles. The maximum atomic E-state index is 10.7. The molecular weight excluding hydrogens is 797 g/mol. The fraction of sp³-hybridized carbons (Fsp3) is 1.00. The smallest absolute Gasteiger partial charge is 0.485 e. The van der Waals surface area contributed by atoms with Crippen LogP contribution in [0.25, 0.3) is 0 Å². The summed E-state index contributed by atoms with van der Waals surface area (Å²) in [4.78, 5) is 0. The minimum absolute atomic E-state index is 0. The second-order valence-corrected chi connectivity index (χ2v) is 9.08. The van der Waals surface area contributed by atoms with Crippen LogP contribution in [0.15, 0.2) is 0 Å². The van der Waals surface area contributed by atoms with Crippen LogP contribution >= 0.6 is 0 Å². The molecule has 0 aliphatic carbocycles. The van der Waals surface area contributed by atoms with E-state index < -0.39 is 62.5 Å². The summed E-state index contributed by atoms with van der Waals surface area (Å²) in [6.45, 7) is 0. The second kappa shape index (κ2) is 13.2. The van der Waals surface area contributed by atoms with Gasteiger partial charge < -0.3 is 18.2 Å². The third kappa shape index (κ3) is 22.0. The van der Waals surface area contributed by atoms with E-state index in [0.29, 0.717) is 0 Å². The molecule has 0 saturated carbocycles. The maximum Gasteiger partial charge on any atom is 0.485 e. The normalized spacial score (nSPS) is 13.6. The monoisotopic (exact) mass is 798 g/mol. The van der Waals surface area contributed by atoms with Crippen molar-refractivity contribution in [3.05, 3.63) is 0 Å². The van der Waals surface area contributed by atoms with Gasteiger partial charge in [-0.1, -0.05) is 0 Å². The first-order valence-electron chi connectivity index (χ1n) is 5.08. The predicted octanol–water partition coefficient (Wildman–Crippen LogP) is 0.203. The number of alkyl halides is 12. The van der Waals surface area contributed by atoms with Crippen molar-refractivity contribution in [3.63, 3.8) is 0 Å². The fourth-order valence-corrected chi connectivity index (χ4v) is 0. The van der Waals surface area contributed by atoms with Crippen molar-refractivity contribution in [3.8, 4) is 0 Å². The third-order valence-electron chi connectivity index (χ3n) is 1.13. The van der Waals surface area contributed by atoms with Gasteiger partial charge in [-0.05, 0) is 0 Å². The Labute approximate surface area is 194 Å². The molecule has 12 nitrogen and oxygen atoms in total. The molecule has 0 radical (unpaired) electrons. The third-order valence-corrected chi connectivity index (χ3v) is 3.40. The standard InChI is InChI=1S/4CHF3O3S.Hg/c4*2-1(3,4)8(5,6)7;/h4*(H,5,6,7);/p-4. The van der Waals surface area contributed by atoms with Crippen LogP contribution in [0.5, 0.6) is 0 Å². The van der Waals surface area contributed by atoms with Crippen molar-refractivity contribution < 1.29 is 132 Å². The Kier molecular flexibility index (Phi) is 17.1. The molecule has 33 heavy (non-hydrogen) atoms. The van der Waals surface area contributed by atoms with Gasteiger partial charge in [0.1, 0.15) is 0 Å². The Morgan fingerprint density at radius 1 is 0.333 bits per heavy atom. The van der Waals surface area contributed by atoms with Gasteiger partial charge in [0.25, 0.3) is 0 Å². The summed E-state index contributed by atoms with van der Waals surface area (Å²) in [5.74, 6) is 0. The Hall–Kier alpha value is -0.265. The first-order valence-corrected chi connectivity index (χ1v) is 10.7. The van der Waals surface area contributed by atoms with Gasteiger partial charge in [-0.2, -0.15) is 52.7 Å². The van der Waals surface area contributed by atoms with Gasteiger partial charge in [0.2, 0.25) is 0 Å². The van der Waals surface area contributed by atoms with Crippen molar-refractivity contribution in [1.29, 1.82) is 0 Å². The first-order chi connectivity index (χ1) is 13.0. The SMILES string of the molecule is O=S(=O)([O-])C(F)(F)F.O=S(=O)([O-])C(F)(F)F.O=S(=O)([O-])C(F)(F)F.O=S(=O)([O-])C(F)(F)F.[Hg]. The Balaban J connectivity index is -0.000000105. The molecule has 0 aromatic carbocycles. The van der Waals surface area contributed by atoms with Crippen LogP contribution in [0.2, 0.25) is 0 Å². The molecule has 0 aromatic heterocycles. The maximum absolute atomic E-state index is 10.7. The van der Waals surface area contributed by atoms with E-state index in [2.05, 4.69) is 0 Å². The van der Waals surface area contributed by atoms with Gasteiger partial charge in [0.15, 0.2) is 40.5 Å². The molecule has 0 atom stereocenters. The molecule has 0 unspecified atom stereocenters. The molecule has 0 aliphatic heterocycles. The van der Waals surface area contributed by atoms with E-state index >= 15 is 0 Å². The van der Waals surface area contributed by atoms with Crippen LogP contribution in [0, 0.1) is 0 Å². The van der Waals surface area contributed by atoms with Crippen LogP contribution in [0.1, 0.15) is 0 Å². The molecule has 0 spiro atoms. The molecule has 0 bridgehead atoms. The zero-order chi connectivity index (χ0) is 28.0. The minimum atomic E-state index is -6.09. The molecule has 0 N–H and O–H groups in total. The van der Waals surface area contributed by atoms with Crippen LogP contribution in [-0.4, -0.2) is 73.9 Å². The molecule has 0 rings (SSSR count). The topological polar surface area (TPSA) is 229 Å². The van der Waals surface area contributed by atoms with E-state index in [-0.39, 0.29) is 27.7 Å². The van der Waals surface area contributed by atoms with Crippen molar-refractivity contribution in [1.82, 2.24) is 0 Å². The quantitative estimate of drug-likeness (QED) is 0.139. The zero-order valence-corrected chi connectivity index (χ0v) is 22.5. The number of hydrogen-bond acceptors (Lipinski definition) is 12. The van der Waals surface area contributed by atoms with Crippen molar-refractivity contribution in [2.24, 2.45) is 0 Å². The van der Waals surface area contributed by atoms with Crippen molar-refractivity contribution in [2.45, 2.75) is 22.0 Å². The number of rotatable bonds is 0.